The van der Waals surface area contributed by atoms with Crippen molar-refractivity contribution in [3.8, 4) is 11.5 Å². The summed E-state index contributed by atoms with van der Waals surface area (Å²) in [7, 11) is 10.6. The van der Waals surface area contributed by atoms with E-state index in [4.69, 9.17) is 9.47 Å². The maximum atomic E-state index is 12.3. The summed E-state index contributed by atoms with van der Waals surface area (Å²) >= 11 is 0. The van der Waals surface area contributed by atoms with Gasteiger partial charge in [-0.1, -0.05) is 6.58 Å². The van der Waals surface area contributed by atoms with Crippen LogP contribution in [0.15, 0.2) is 55.4 Å². The van der Waals surface area contributed by atoms with E-state index < -0.39 is 0 Å². The molecule has 1 heterocycles. The summed E-state index contributed by atoms with van der Waals surface area (Å²) in [5.41, 5.74) is 2.98. The van der Waals surface area contributed by atoms with Gasteiger partial charge in [-0.2, -0.15) is 0 Å². The smallest absolute Gasteiger partial charge is 0.254 e. The minimum Gasteiger partial charge on any atom is -0.496 e. The van der Waals surface area contributed by atoms with Crippen LogP contribution in [-0.4, -0.2) is 82.2 Å². The minimum atomic E-state index is -0.331. The van der Waals surface area contributed by atoms with E-state index in [9.17, 15) is 9.59 Å². The average molecular weight is 549 g/mol. The molecule has 0 bridgehead atoms. The van der Waals surface area contributed by atoms with E-state index in [-0.39, 0.29) is 11.8 Å². The molecule has 3 aromatic rings. The molecule has 2 aromatic carbocycles. The SMILES string of the molecule is C=CC(=O)Nc1cc(Nc2cc(Nc3ccc(OC)c(C(=O)NC)c3)ncn2)c(OC)cc1N(C)CCN(C)C. The zero-order valence-corrected chi connectivity index (χ0v) is 23.7. The fourth-order valence-corrected chi connectivity index (χ4v) is 3.78. The number of anilines is 6. The molecule has 12 heteroatoms. The van der Waals surface area contributed by atoms with Crippen LogP contribution in [0.5, 0.6) is 11.5 Å². The number of rotatable bonds is 13. The fraction of sp³-hybridized carbons (Fsp3) is 0.286. The van der Waals surface area contributed by atoms with Gasteiger partial charge in [-0.05, 0) is 44.4 Å². The van der Waals surface area contributed by atoms with Crippen LogP contribution in [0.25, 0.3) is 0 Å². The summed E-state index contributed by atoms with van der Waals surface area (Å²) in [5.74, 6) is 1.38. The van der Waals surface area contributed by atoms with Crippen LogP contribution in [0, 0.1) is 0 Å². The Morgan fingerprint density at radius 1 is 0.925 bits per heavy atom. The Morgan fingerprint density at radius 3 is 2.25 bits per heavy atom. The van der Waals surface area contributed by atoms with Crippen LogP contribution in [0.2, 0.25) is 0 Å². The molecular formula is C28H36N8O4. The first-order chi connectivity index (χ1) is 19.2. The van der Waals surface area contributed by atoms with Crippen molar-refractivity contribution in [3.63, 3.8) is 0 Å². The number of nitrogens with one attached hydrogen (secondary N) is 4. The maximum absolute atomic E-state index is 12.3. The van der Waals surface area contributed by atoms with Gasteiger partial charge in [0.1, 0.15) is 29.5 Å². The number of carbonyl (C=O) groups excluding carboxylic acids is 2. The van der Waals surface area contributed by atoms with Crippen molar-refractivity contribution in [1.82, 2.24) is 20.2 Å². The van der Waals surface area contributed by atoms with Gasteiger partial charge in [0, 0.05) is 45.0 Å². The fourth-order valence-electron chi connectivity index (χ4n) is 3.78. The lowest BCUT2D eigenvalue weighted by molar-refractivity contribution is -0.111. The Kier molecular flexibility index (Phi) is 10.3. The number of ether oxygens (including phenoxy) is 2. The largest absolute Gasteiger partial charge is 0.496 e. The first kappa shape index (κ1) is 29.7. The summed E-state index contributed by atoms with van der Waals surface area (Å²) in [4.78, 5) is 37.2. The van der Waals surface area contributed by atoms with Crippen molar-refractivity contribution in [2.75, 3.05) is 76.4 Å². The highest BCUT2D eigenvalue weighted by molar-refractivity contribution is 6.02. The molecule has 212 valence electrons. The highest BCUT2D eigenvalue weighted by Crippen LogP contribution is 2.38. The second-order valence-electron chi connectivity index (χ2n) is 9.02. The standard InChI is InChI=1S/C28H36N8O4/c1-8-27(37)34-20-14-21(24(40-7)15-22(20)36(5)12-11-35(3)4)33-26-16-25(30-17-31-26)32-18-9-10-23(39-6)19(13-18)28(38)29-2/h8-10,13-17H,1,11-12H2,2-7H3,(H,29,38)(H,34,37)(H2,30,31,32,33). The number of aromatic nitrogens is 2. The lowest BCUT2D eigenvalue weighted by Crippen LogP contribution is -2.29. The number of benzene rings is 2. The maximum Gasteiger partial charge on any atom is 0.254 e. The highest BCUT2D eigenvalue weighted by atomic mass is 16.5. The van der Waals surface area contributed by atoms with Gasteiger partial charge in [-0.15, -0.1) is 0 Å². The monoisotopic (exact) mass is 548 g/mol. The first-order valence-corrected chi connectivity index (χ1v) is 12.5. The third-order valence-electron chi connectivity index (χ3n) is 5.93. The van der Waals surface area contributed by atoms with Gasteiger partial charge in [-0.3, -0.25) is 9.59 Å². The lowest BCUT2D eigenvalue weighted by Gasteiger charge is -2.26. The molecular weight excluding hydrogens is 512 g/mol. The second-order valence-corrected chi connectivity index (χ2v) is 9.02. The van der Waals surface area contributed by atoms with E-state index >= 15 is 0 Å². The number of likely N-dealkylation sites (N-methyl/N-ethyl adjacent to an activating group) is 2. The van der Waals surface area contributed by atoms with Crippen LogP contribution in [-0.2, 0) is 4.79 Å². The minimum absolute atomic E-state index is 0.271. The quantitative estimate of drug-likeness (QED) is 0.235. The van der Waals surface area contributed by atoms with Gasteiger partial charge in [0.25, 0.3) is 5.91 Å². The van der Waals surface area contributed by atoms with Crippen molar-refractivity contribution < 1.29 is 19.1 Å². The van der Waals surface area contributed by atoms with E-state index in [0.29, 0.717) is 45.8 Å². The van der Waals surface area contributed by atoms with E-state index in [1.54, 1.807) is 44.5 Å². The topological polar surface area (TPSA) is 133 Å². The summed E-state index contributed by atoms with van der Waals surface area (Å²) in [5, 5.41) is 11.9. The van der Waals surface area contributed by atoms with Crippen molar-refractivity contribution in [2.45, 2.75) is 0 Å². The van der Waals surface area contributed by atoms with Gasteiger partial charge in [0.05, 0.1) is 36.8 Å². The van der Waals surface area contributed by atoms with Gasteiger partial charge >= 0.3 is 0 Å². The Bertz CT molecular complexity index is 1360. The van der Waals surface area contributed by atoms with E-state index in [0.717, 1.165) is 18.8 Å². The van der Waals surface area contributed by atoms with Crippen molar-refractivity contribution in [3.05, 3.63) is 60.9 Å². The summed E-state index contributed by atoms with van der Waals surface area (Å²) in [6.45, 7) is 5.12. The average Bonchev–Trinajstić information content (AvgIpc) is 2.95. The normalized spacial score (nSPS) is 10.5. The Hall–Kier alpha value is -4.84. The molecule has 1 aromatic heterocycles. The number of methoxy groups -OCH3 is 2. The molecule has 0 aliphatic heterocycles. The van der Waals surface area contributed by atoms with Crippen molar-refractivity contribution in [1.29, 1.82) is 0 Å². The molecule has 0 aliphatic rings. The molecule has 0 saturated carbocycles. The molecule has 2 amide bonds. The molecule has 0 fully saturated rings. The number of carbonyl (C=O) groups is 2. The molecule has 12 nitrogen and oxygen atoms in total. The Morgan fingerprint density at radius 2 is 1.62 bits per heavy atom. The van der Waals surface area contributed by atoms with Crippen LogP contribution in [0.1, 0.15) is 10.4 Å². The zero-order valence-electron chi connectivity index (χ0n) is 23.7. The number of amides is 2. The molecule has 0 saturated heterocycles. The molecule has 4 N–H and O–H groups in total. The zero-order chi connectivity index (χ0) is 29.2. The summed E-state index contributed by atoms with van der Waals surface area (Å²) in [6.07, 6.45) is 2.63. The highest BCUT2D eigenvalue weighted by Gasteiger charge is 2.17. The van der Waals surface area contributed by atoms with E-state index in [1.165, 1.54) is 19.5 Å². The number of hydrogen-bond donors (Lipinski definition) is 4. The van der Waals surface area contributed by atoms with Crippen LogP contribution < -0.4 is 35.6 Å². The molecule has 0 spiro atoms. The molecule has 40 heavy (non-hydrogen) atoms. The van der Waals surface area contributed by atoms with Gasteiger partial charge in [0.15, 0.2) is 0 Å². The van der Waals surface area contributed by atoms with Crippen LogP contribution in [0.3, 0.4) is 0 Å². The predicted octanol–water partition coefficient (Wildman–Crippen LogP) is 3.46. The molecule has 3 rings (SSSR count). The third-order valence-corrected chi connectivity index (χ3v) is 5.93. The second kappa shape index (κ2) is 13.8. The van der Waals surface area contributed by atoms with Crippen LogP contribution in [0.4, 0.5) is 34.4 Å². The molecule has 0 atom stereocenters. The molecule has 0 aliphatic carbocycles. The Balaban J connectivity index is 1.91. The van der Waals surface area contributed by atoms with Crippen molar-refractivity contribution >= 4 is 46.2 Å². The van der Waals surface area contributed by atoms with Gasteiger partial charge in [-0.25, -0.2) is 9.97 Å². The first-order valence-electron chi connectivity index (χ1n) is 12.5. The molecule has 0 unspecified atom stereocenters. The van der Waals surface area contributed by atoms with Crippen molar-refractivity contribution in [2.24, 2.45) is 0 Å². The lowest BCUT2D eigenvalue weighted by atomic mass is 10.1. The molecule has 0 radical (unpaired) electrons. The summed E-state index contributed by atoms with van der Waals surface area (Å²) in [6, 6.07) is 10.5. The number of hydrogen-bond acceptors (Lipinski definition) is 10. The van der Waals surface area contributed by atoms with E-state index in [1.807, 2.05) is 32.1 Å². The van der Waals surface area contributed by atoms with E-state index in [2.05, 4.69) is 42.7 Å². The number of nitrogens with zero attached hydrogens (tertiary/aromatic N) is 4. The predicted molar refractivity (Wildman–Crippen MR) is 159 cm³/mol. The Labute approximate surface area is 234 Å². The third kappa shape index (κ3) is 7.60. The van der Waals surface area contributed by atoms with Crippen LogP contribution >= 0.6 is 0 Å². The van der Waals surface area contributed by atoms with Gasteiger partial charge < -0.3 is 40.5 Å². The summed E-state index contributed by atoms with van der Waals surface area (Å²) < 4.78 is 11.0. The van der Waals surface area contributed by atoms with Gasteiger partial charge in [0.2, 0.25) is 5.91 Å².